The minimum atomic E-state index is -1.05. The number of H-pyrrole nitrogens is 1. The SMILES string of the molecule is CC(C)c1ncc(-c2ccccc2)n1Cc1cc(=O)[nH]c2c(F)c(F)ccc12. The van der Waals surface area contributed by atoms with Crippen molar-refractivity contribution < 1.29 is 8.78 Å². The highest BCUT2D eigenvalue weighted by atomic mass is 19.2. The molecule has 0 saturated heterocycles. The molecule has 0 aliphatic carbocycles. The highest BCUT2D eigenvalue weighted by Crippen LogP contribution is 2.27. The van der Waals surface area contributed by atoms with Crippen molar-refractivity contribution in [1.82, 2.24) is 14.5 Å². The molecule has 0 aliphatic heterocycles. The molecule has 28 heavy (non-hydrogen) atoms. The molecule has 0 fully saturated rings. The van der Waals surface area contributed by atoms with Crippen LogP contribution < -0.4 is 5.56 Å². The zero-order valence-corrected chi connectivity index (χ0v) is 15.5. The van der Waals surface area contributed by atoms with Crippen LogP contribution in [0.25, 0.3) is 22.2 Å². The van der Waals surface area contributed by atoms with Gasteiger partial charge in [0, 0.05) is 17.4 Å². The number of nitrogens with zero attached hydrogens (tertiary/aromatic N) is 2. The van der Waals surface area contributed by atoms with E-state index in [9.17, 15) is 13.6 Å². The van der Waals surface area contributed by atoms with E-state index in [2.05, 4.69) is 9.97 Å². The summed E-state index contributed by atoms with van der Waals surface area (Å²) in [5.41, 5.74) is 1.91. The third-order valence-electron chi connectivity index (χ3n) is 4.80. The van der Waals surface area contributed by atoms with Crippen LogP contribution in [-0.4, -0.2) is 14.5 Å². The topological polar surface area (TPSA) is 50.7 Å². The number of hydrogen-bond acceptors (Lipinski definition) is 2. The second kappa shape index (κ2) is 7.03. The molecule has 4 aromatic rings. The quantitative estimate of drug-likeness (QED) is 0.552. The Morgan fingerprint density at radius 2 is 1.86 bits per heavy atom. The first-order chi connectivity index (χ1) is 13.5. The first-order valence-corrected chi connectivity index (χ1v) is 9.06. The molecule has 0 bridgehead atoms. The van der Waals surface area contributed by atoms with Gasteiger partial charge in [0.05, 0.1) is 24.0 Å². The number of aromatic nitrogens is 3. The van der Waals surface area contributed by atoms with Crippen molar-refractivity contribution in [2.75, 3.05) is 0 Å². The lowest BCUT2D eigenvalue weighted by molar-refractivity contribution is 0.515. The van der Waals surface area contributed by atoms with Crippen molar-refractivity contribution in [3.63, 3.8) is 0 Å². The van der Waals surface area contributed by atoms with Crippen LogP contribution in [0.4, 0.5) is 8.78 Å². The van der Waals surface area contributed by atoms with E-state index in [0.29, 0.717) is 17.5 Å². The van der Waals surface area contributed by atoms with Crippen LogP contribution in [0.5, 0.6) is 0 Å². The summed E-state index contributed by atoms with van der Waals surface area (Å²) >= 11 is 0. The summed E-state index contributed by atoms with van der Waals surface area (Å²) in [7, 11) is 0. The molecule has 6 heteroatoms. The summed E-state index contributed by atoms with van der Waals surface area (Å²) in [4.78, 5) is 19.1. The Morgan fingerprint density at radius 3 is 2.57 bits per heavy atom. The molecule has 0 saturated carbocycles. The molecule has 0 unspecified atom stereocenters. The Balaban J connectivity index is 1.92. The van der Waals surface area contributed by atoms with Gasteiger partial charge in [-0.2, -0.15) is 0 Å². The Kier molecular flexibility index (Phi) is 4.55. The summed E-state index contributed by atoms with van der Waals surface area (Å²) in [5.74, 6) is -1.03. The van der Waals surface area contributed by atoms with Crippen molar-refractivity contribution in [2.45, 2.75) is 26.3 Å². The van der Waals surface area contributed by atoms with Crippen LogP contribution in [0, 0.1) is 11.6 Å². The van der Waals surface area contributed by atoms with Gasteiger partial charge < -0.3 is 9.55 Å². The summed E-state index contributed by atoms with van der Waals surface area (Å²) < 4.78 is 29.9. The Bertz CT molecular complexity index is 1210. The zero-order chi connectivity index (χ0) is 19.8. The molecule has 1 N–H and O–H groups in total. The molecule has 4 nitrogen and oxygen atoms in total. The predicted octanol–water partition coefficient (Wildman–Crippen LogP) is 4.84. The summed E-state index contributed by atoms with van der Waals surface area (Å²) in [6.45, 7) is 4.40. The van der Waals surface area contributed by atoms with Gasteiger partial charge >= 0.3 is 0 Å². The summed E-state index contributed by atoms with van der Waals surface area (Å²) in [6, 6.07) is 13.8. The van der Waals surface area contributed by atoms with Crippen molar-refractivity contribution in [1.29, 1.82) is 0 Å². The van der Waals surface area contributed by atoms with Crippen molar-refractivity contribution in [3.05, 3.63) is 88.1 Å². The van der Waals surface area contributed by atoms with Crippen LogP contribution >= 0.6 is 0 Å². The first kappa shape index (κ1) is 18.1. The van der Waals surface area contributed by atoms with Gasteiger partial charge in [0.25, 0.3) is 0 Å². The van der Waals surface area contributed by atoms with Gasteiger partial charge in [-0.25, -0.2) is 13.8 Å². The number of rotatable bonds is 4. The van der Waals surface area contributed by atoms with Crippen LogP contribution in [-0.2, 0) is 6.54 Å². The van der Waals surface area contributed by atoms with E-state index in [4.69, 9.17) is 0 Å². The van der Waals surface area contributed by atoms with Gasteiger partial charge in [-0.15, -0.1) is 0 Å². The van der Waals surface area contributed by atoms with Crippen molar-refractivity contribution in [2.24, 2.45) is 0 Å². The average Bonchev–Trinajstić information content (AvgIpc) is 3.09. The van der Waals surface area contributed by atoms with E-state index in [-0.39, 0.29) is 11.4 Å². The number of nitrogens with one attached hydrogen (secondary N) is 1. The molecule has 0 radical (unpaired) electrons. The van der Waals surface area contributed by atoms with E-state index >= 15 is 0 Å². The highest BCUT2D eigenvalue weighted by Gasteiger charge is 2.17. The summed E-state index contributed by atoms with van der Waals surface area (Å²) in [5, 5.41) is 0.473. The van der Waals surface area contributed by atoms with Gasteiger partial charge in [-0.05, 0) is 23.3 Å². The highest BCUT2D eigenvalue weighted by molar-refractivity contribution is 5.82. The fourth-order valence-corrected chi connectivity index (χ4v) is 3.49. The maximum atomic E-state index is 14.2. The molecule has 0 amide bonds. The zero-order valence-electron chi connectivity index (χ0n) is 15.5. The maximum Gasteiger partial charge on any atom is 0.248 e. The number of pyridine rings is 1. The van der Waals surface area contributed by atoms with Crippen LogP contribution in [0.3, 0.4) is 0 Å². The van der Waals surface area contributed by atoms with Crippen LogP contribution in [0.1, 0.15) is 31.2 Å². The van der Waals surface area contributed by atoms with Gasteiger partial charge in [-0.1, -0.05) is 44.2 Å². The third-order valence-corrected chi connectivity index (χ3v) is 4.80. The second-order valence-corrected chi connectivity index (χ2v) is 7.05. The smallest absolute Gasteiger partial charge is 0.248 e. The normalized spacial score (nSPS) is 11.5. The van der Waals surface area contributed by atoms with E-state index < -0.39 is 17.2 Å². The van der Waals surface area contributed by atoms with Crippen molar-refractivity contribution >= 4 is 10.9 Å². The monoisotopic (exact) mass is 379 g/mol. The number of aromatic amines is 1. The van der Waals surface area contributed by atoms with Gasteiger partial charge in [0.1, 0.15) is 5.82 Å². The summed E-state index contributed by atoms with van der Waals surface area (Å²) in [6.07, 6.45) is 1.81. The Hall–Kier alpha value is -3.28. The van der Waals surface area contributed by atoms with Gasteiger partial charge in [0.15, 0.2) is 11.6 Å². The largest absolute Gasteiger partial charge is 0.323 e. The van der Waals surface area contributed by atoms with E-state index in [1.165, 1.54) is 12.1 Å². The third kappa shape index (κ3) is 3.11. The second-order valence-electron chi connectivity index (χ2n) is 7.05. The van der Waals surface area contributed by atoms with E-state index in [0.717, 1.165) is 23.1 Å². The standard InChI is InChI=1S/C22H19F2N3O/c1-13(2)22-25-11-18(14-6-4-3-5-7-14)27(22)12-15-10-19(28)26-21-16(15)8-9-17(23)20(21)24/h3-11,13H,12H2,1-2H3,(H,26,28). The Morgan fingerprint density at radius 1 is 1.11 bits per heavy atom. The first-order valence-electron chi connectivity index (χ1n) is 9.06. The molecule has 2 aromatic carbocycles. The number of benzene rings is 2. The number of halogens is 2. The fourth-order valence-electron chi connectivity index (χ4n) is 3.49. The molecule has 0 aliphatic rings. The molecule has 4 rings (SSSR count). The maximum absolute atomic E-state index is 14.2. The predicted molar refractivity (Wildman–Crippen MR) is 105 cm³/mol. The Labute approximate surface area is 160 Å². The molecular formula is C22H19F2N3O. The number of fused-ring (bicyclic) bond motifs is 1. The lowest BCUT2D eigenvalue weighted by atomic mass is 10.1. The lowest BCUT2D eigenvalue weighted by Crippen LogP contribution is -2.13. The van der Waals surface area contributed by atoms with Gasteiger partial charge in [0.2, 0.25) is 5.56 Å². The average molecular weight is 379 g/mol. The number of imidazole rings is 1. The molecule has 142 valence electrons. The molecule has 2 heterocycles. The van der Waals surface area contributed by atoms with E-state index in [1.807, 2.05) is 48.7 Å². The van der Waals surface area contributed by atoms with Crippen LogP contribution in [0.2, 0.25) is 0 Å². The minimum absolute atomic E-state index is 0.116. The molecule has 0 atom stereocenters. The van der Waals surface area contributed by atoms with Crippen LogP contribution in [0.15, 0.2) is 59.5 Å². The minimum Gasteiger partial charge on any atom is -0.323 e. The van der Waals surface area contributed by atoms with Crippen molar-refractivity contribution in [3.8, 4) is 11.3 Å². The van der Waals surface area contributed by atoms with E-state index in [1.54, 1.807) is 6.20 Å². The lowest BCUT2D eigenvalue weighted by Gasteiger charge is -2.16. The molecular weight excluding hydrogens is 360 g/mol. The molecule has 2 aromatic heterocycles. The van der Waals surface area contributed by atoms with Gasteiger partial charge in [-0.3, -0.25) is 4.79 Å². The number of hydrogen-bond donors (Lipinski definition) is 1. The fraction of sp³-hybridized carbons (Fsp3) is 0.182. The molecule has 0 spiro atoms.